The van der Waals surface area contributed by atoms with Gasteiger partial charge in [0.15, 0.2) is 0 Å². The molecular weight excluding hydrogens is 188 g/mol. The zero-order valence-electron chi connectivity index (χ0n) is 9.62. The molecule has 1 atom stereocenters. The highest BCUT2D eigenvalue weighted by molar-refractivity contribution is 4.87. The lowest BCUT2D eigenvalue weighted by Gasteiger charge is -2.35. The van der Waals surface area contributed by atoms with Crippen LogP contribution in [0.15, 0.2) is 0 Å². The fraction of sp³-hybridized carbons (Fsp3) is 1.00. The first-order valence-electron chi connectivity index (χ1n) is 6.49. The second-order valence-corrected chi connectivity index (χ2v) is 4.88. The van der Waals surface area contributed by atoms with Crippen LogP contribution in [-0.4, -0.2) is 48.3 Å². The van der Waals surface area contributed by atoms with Crippen LogP contribution in [0.25, 0.3) is 0 Å². The Morgan fingerprint density at radius 1 is 1.20 bits per heavy atom. The largest absolute Gasteiger partial charge is 0.396 e. The van der Waals surface area contributed by atoms with Gasteiger partial charge in [-0.1, -0.05) is 0 Å². The summed E-state index contributed by atoms with van der Waals surface area (Å²) in [6.45, 7) is 4.03. The minimum absolute atomic E-state index is 0.358. The van der Waals surface area contributed by atoms with E-state index in [-0.39, 0.29) is 0 Å². The Bertz CT molecular complexity index is 180. The van der Waals surface area contributed by atoms with Crippen LogP contribution in [0.4, 0.5) is 0 Å². The van der Waals surface area contributed by atoms with Crippen molar-refractivity contribution < 1.29 is 5.11 Å². The maximum absolute atomic E-state index is 8.89. The van der Waals surface area contributed by atoms with Crippen LogP contribution in [0.5, 0.6) is 0 Å². The number of hydrogen-bond acceptors (Lipinski definition) is 3. The van der Waals surface area contributed by atoms with E-state index in [1.807, 2.05) is 0 Å². The summed E-state index contributed by atoms with van der Waals surface area (Å²) in [7, 11) is 0. The topological polar surface area (TPSA) is 35.5 Å². The van der Waals surface area contributed by atoms with Crippen LogP contribution < -0.4 is 5.32 Å². The average Bonchev–Trinajstić information content (AvgIpc) is 2.75. The molecule has 88 valence electrons. The fourth-order valence-electron chi connectivity index (χ4n) is 3.11. The number of aliphatic hydroxyl groups is 1. The predicted molar refractivity (Wildman–Crippen MR) is 61.9 cm³/mol. The number of hydrogen-bond donors (Lipinski definition) is 2. The third-order valence-electron chi connectivity index (χ3n) is 3.90. The minimum atomic E-state index is 0.358. The first-order valence-corrected chi connectivity index (χ1v) is 6.49. The minimum Gasteiger partial charge on any atom is -0.396 e. The Labute approximate surface area is 92.8 Å². The molecule has 0 aromatic carbocycles. The molecule has 0 radical (unpaired) electrons. The second-order valence-electron chi connectivity index (χ2n) is 4.88. The summed E-state index contributed by atoms with van der Waals surface area (Å²) >= 11 is 0. The summed E-state index contributed by atoms with van der Waals surface area (Å²) in [4.78, 5) is 2.72. The van der Waals surface area contributed by atoms with Crippen molar-refractivity contribution in [1.29, 1.82) is 0 Å². The molecule has 0 aromatic rings. The van der Waals surface area contributed by atoms with E-state index >= 15 is 0 Å². The van der Waals surface area contributed by atoms with Gasteiger partial charge in [-0.05, 0) is 58.2 Å². The normalized spacial score (nSPS) is 29.8. The van der Waals surface area contributed by atoms with Gasteiger partial charge in [-0.2, -0.15) is 0 Å². The molecule has 0 aliphatic carbocycles. The number of nitrogens with zero attached hydrogens (tertiary/aromatic N) is 1. The molecule has 0 spiro atoms. The van der Waals surface area contributed by atoms with E-state index in [1.165, 1.54) is 51.7 Å². The van der Waals surface area contributed by atoms with Crippen molar-refractivity contribution in [2.45, 2.75) is 50.6 Å². The molecule has 0 aromatic heterocycles. The van der Waals surface area contributed by atoms with Gasteiger partial charge in [-0.3, -0.25) is 4.90 Å². The highest BCUT2D eigenvalue weighted by Crippen LogP contribution is 2.26. The SMILES string of the molecule is OCCCC1CCCN1C1CCNCC1. The monoisotopic (exact) mass is 212 g/mol. The molecule has 2 heterocycles. The zero-order chi connectivity index (χ0) is 10.5. The molecule has 0 amide bonds. The van der Waals surface area contributed by atoms with E-state index in [1.54, 1.807) is 0 Å². The highest BCUT2D eigenvalue weighted by atomic mass is 16.2. The van der Waals surface area contributed by atoms with Gasteiger partial charge < -0.3 is 10.4 Å². The molecule has 2 saturated heterocycles. The van der Waals surface area contributed by atoms with Crippen molar-refractivity contribution in [1.82, 2.24) is 10.2 Å². The first-order chi connectivity index (χ1) is 7.42. The van der Waals surface area contributed by atoms with Gasteiger partial charge in [0.2, 0.25) is 0 Å². The second kappa shape index (κ2) is 5.83. The van der Waals surface area contributed by atoms with Crippen molar-refractivity contribution in [2.24, 2.45) is 0 Å². The van der Waals surface area contributed by atoms with Crippen molar-refractivity contribution in [3.8, 4) is 0 Å². The molecule has 3 heteroatoms. The average molecular weight is 212 g/mol. The van der Waals surface area contributed by atoms with Crippen molar-refractivity contribution in [3.63, 3.8) is 0 Å². The summed E-state index contributed by atoms with van der Waals surface area (Å²) in [5.41, 5.74) is 0. The van der Waals surface area contributed by atoms with Crippen LogP contribution >= 0.6 is 0 Å². The van der Waals surface area contributed by atoms with E-state index in [2.05, 4.69) is 10.2 Å². The quantitative estimate of drug-likeness (QED) is 0.729. The predicted octanol–water partition coefficient (Wildman–Crippen LogP) is 0.975. The van der Waals surface area contributed by atoms with Gasteiger partial charge >= 0.3 is 0 Å². The number of rotatable bonds is 4. The Kier molecular flexibility index (Phi) is 4.42. The third-order valence-corrected chi connectivity index (χ3v) is 3.90. The Morgan fingerprint density at radius 3 is 2.73 bits per heavy atom. The Balaban J connectivity index is 1.82. The van der Waals surface area contributed by atoms with E-state index in [0.29, 0.717) is 6.61 Å². The van der Waals surface area contributed by atoms with Gasteiger partial charge in [0.25, 0.3) is 0 Å². The van der Waals surface area contributed by atoms with Gasteiger partial charge in [0, 0.05) is 18.7 Å². The Morgan fingerprint density at radius 2 is 2.00 bits per heavy atom. The van der Waals surface area contributed by atoms with Crippen LogP contribution in [0.1, 0.15) is 38.5 Å². The van der Waals surface area contributed by atoms with E-state index in [0.717, 1.165) is 18.5 Å². The van der Waals surface area contributed by atoms with Crippen LogP contribution in [0.3, 0.4) is 0 Å². The first kappa shape index (κ1) is 11.4. The van der Waals surface area contributed by atoms with E-state index in [9.17, 15) is 0 Å². The van der Waals surface area contributed by atoms with Gasteiger partial charge in [0.05, 0.1) is 0 Å². The van der Waals surface area contributed by atoms with Gasteiger partial charge in [-0.15, -0.1) is 0 Å². The van der Waals surface area contributed by atoms with Crippen LogP contribution in [0.2, 0.25) is 0 Å². The molecule has 2 N–H and O–H groups in total. The summed E-state index contributed by atoms with van der Waals surface area (Å²) in [5, 5.41) is 12.3. The van der Waals surface area contributed by atoms with Crippen LogP contribution in [-0.2, 0) is 0 Å². The summed E-state index contributed by atoms with van der Waals surface area (Å²) in [5.74, 6) is 0. The smallest absolute Gasteiger partial charge is 0.0431 e. The molecule has 1 unspecified atom stereocenters. The maximum atomic E-state index is 8.89. The zero-order valence-corrected chi connectivity index (χ0v) is 9.62. The molecule has 2 aliphatic rings. The maximum Gasteiger partial charge on any atom is 0.0431 e. The van der Waals surface area contributed by atoms with Gasteiger partial charge in [-0.25, -0.2) is 0 Å². The van der Waals surface area contributed by atoms with Crippen molar-refractivity contribution in [3.05, 3.63) is 0 Å². The number of nitrogens with one attached hydrogen (secondary N) is 1. The van der Waals surface area contributed by atoms with Gasteiger partial charge in [0.1, 0.15) is 0 Å². The molecule has 2 aliphatic heterocycles. The summed E-state index contributed by atoms with van der Waals surface area (Å²) in [6, 6.07) is 1.58. The third kappa shape index (κ3) is 2.92. The van der Waals surface area contributed by atoms with Crippen molar-refractivity contribution in [2.75, 3.05) is 26.2 Å². The molecule has 2 rings (SSSR count). The molecule has 15 heavy (non-hydrogen) atoms. The lowest BCUT2D eigenvalue weighted by atomic mass is 10.0. The molecule has 0 bridgehead atoms. The molecule has 2 fully saturated rings. The lowest BCUT2D eigenvalue weighted by Crippen LogP contribution is -2.45. The summed E-state index contributed by atoms with van der Waals surface area (Å²) in [6.07, 6.45) is 7.52. The number of likely N-dealkylation sites (tertiary alicyclic amines) is 1. The number of aliphatic hydroxyl groups excluding tert-OH is 1. The Hall–Kier alpha value is -0.120. The molecule has 3 nitrogen and oxygen atoms in total. The summed E-state index contributed by atoms with van der Waals surface area (Å²) < 4.78 is 0. The molecule has 0 saturated carbocycles. The molecular formula is C12H24N2O. The lowest BCUT2D eigenvalue weighted by molar-refractivity contribution is 0.135. The van der Waals surface area contributed by atoms with E-state index < -0.39 is 0 Å². The highest BCUT2D eigenvalue weighted by Gasteiger charge is 2.30. The van der Waals surface area contributed by atoms with Crippen molar-refractivity contribution >= 4 is 0 Å². The van der Waals surface area contributed by atoms with E-state index in [4.69, 9.17) is 5.11 Å². The standard InChI is InChI=1S/C12H24N2O/c15-10-2-4-11-3-1-9-14(11)12-5-7-13-8-6-12/h11-13,15H,1-10H2. The number of piperidine rings is 1. The fourth-order valence-corrected chi connectivity index (χ4v) is 3.11. The van der Waals surface area contributed by atoms with Crippen LogP contribution in [0, 0.1) is 0 Å².